The van der Waals surface area contributed by atoms with Crippen LogP contribution in [0.3, 0.4) is 0 Å². The van der Waals surface area contributed by atoms with Gasteiger partial charge < -0.3 is 24.6 Å². The zero-order valence-electron chi connectivity index (χ0n) is 26.1. The van der Waals surface area contributed by atoms with Crippen molar-refractivity contribution in [3.8, 4) is 11.5 Å². The fraction of sp³-hybridized carbons (Fsp3) is 0.417. The van der Waals surface area contributed by atoms with E-state index in [0.29, 0.717) is 25.7 Å². The number of ether oxygens (including phenoxy) is 3. The van der Waals surface area contributed by atoms with Crippen LogP contribution in [0.5, 0.6) is 11.5 Å². The standard InChI is InChI=1S/C36H36F3NO7/c1-36(35(44)46-18-20-8-5-7-19-6-3-4-9-23(19)20)12-10-22(11-13-36)47-29-16-26(28(45-2)17-27(29)37)33(41)40-31-21-14-24(30(31)34(42)43)25(15-21)32(38)39/h3-9,16-17,21-22,24,30-31H,10-15,18H2,1-2H3,(H,40,41)(H,42,43)/t21-,22?,24+,30+,31-,36?/m1/s1. The molecule has 47 heavy (non-hydrogen) atoms. The van der Waals surface area contributed by atoms with E-state index >= 15 is 4.39 Å². The van der Waals surface area contributed by atoms with Gasteiger partial charge >= 0.3 is 11.9 Å². The molecular weight excluding hydrogens is 615 g/mol. The van der Waals surface area contributed by atoms with E-state index in [1.54, 1.807) is 0 Å². The largest absolute Gasteiger partial charge is 0.496 e. The maximum Gasteiger partial charge on any atom is 0.312 e. The summed E-state index contributed by atoms with van der Waals surface area (Å²) < 4.78 is 58.9. The second-order valence-electron chi connectivity index (χ2n) is 13.0. The van der Waals surface area contributed by atoms with Crippen LogP contribution in [0.25, 0.3) is 10.8 Å². The molecule has 3 fully saturated rings. The van der Waals surface area contributed by atoms with E-state index < -0.39 is 59.1 Å². The molecule has 3 aromatic carbocycles. The number of methoxy groups -OCH3 is 1. The molecule has 3 saturated carbocycles. The summed E-state index contributed by atoms with van der Waals surface area (Å²) >= 11 is 0. The number of carbonyl (C=O) groups is 3. The third kappa shape index (κ3) is 6.27. The minimum atomic E-state index is -1.86. The van der Waals surface area contributed by atoms with E-state index in [9.17, 15) is 28.3 Å². The number of rotatable bonds is 9. The molecule has 3 aliphatic carbocycles. The summed E-state index contributed by atoms with van der Waals surface area (Å²) in [5.41, 5.74) is -0.0540. The maximum absolute atomic E-state index is 15.1. The lowest BCUT2D eigenvalue weighted by atomic mass is 9.74. The van der Waals surface area contributed by atoms with Gasteiger partial charge in [-0.1, -0.05) is 42.5 Å². The lowest BCUT2D eigenvalue weighted by Crippen LogP contribution is -2.47. The zero-order valence-corrected chi connectivity index (χ0v) is 26.1. The molecule has 0 unspecified atom stereocenters. The van der Waals surface area contributed by atoms with Crippen molar-refractivity contribution in [2.75, 3.05) is 7.11 Å². The highest BCUT2D eigenvalue weighted by Crippen LogP contribution is 2.53. The first-order valence-electron chi connectivity index (χ1n) is 15.7. The molecule has 1 amide bonds. The number of nitrogens with one attached hydrogen (secondary N) is 1. The number of fused-ring (bicyclic) bond motifs is 3. The van der Waals surface area contributed by atoms with Crippen LogP contribution >= 0.6 is 0 Å². The van der Waals surface area contributed by atoms with Crippen LogP contribution in [0.1, 0.15) is 61.4 Å². The number of hydrogen-bond donors (Lipinski definition) is 2. The summed E-state index contributed by atoms with van der Waals surface area (Å²) in [6.07, 6.45) is -0.262. The van der Waals surface area contributed by atoms with Crippen molar-refractivity contribution in [3.05, 3.63) is 83.2 Å². The predicted octanol–water partition coefficient (Wildman–Crippen LogP) is 7.05. The van der Waals surface area contributed by atoms with Crippen molar-refractivity contribution < 1.29 is 46.9 Å². The number of carboxylic acid groups (broad SMARTS) is 1. The molecule has 6 rings (SSSR count). The van der Waals surface area contributed by atoms with Crippen molar-refractivity contribution in [3.63, 3.8) is 0 Å². The molecule has 4 atom stereocenters. The predicted molar refractivity (Wildman–Crippen MR) is 166 cm³/mol. The van der Waals surface area contributed by atoms with Crippen molar-refractivity contribution in [1.82, 2.24) is 5.32 Å². The summed E-state index contributed by atoms with van der Waals surface area (Å²) in [4.78, 5) is 38.6. The van der Waals surface area contributed by atoms with Crippen molar-refractivity contribution in [2.45, 2.75) is 64.2 Å². The summed E-state index contributed by atoms with van der Waals surface area (Å²) in [6.45, 7) is 2.00. The van der Waals surface area contributed by atoms with Crippen LogP contribution in [0.4, 0.5) is 13.2 Å². The van der Waals surface area contributed by atoms with Crippen molar-refractivity contribution in [1.29, 1.82) is 0 Å². The monoisotopic (exact) mass is 651 g/mol. The first kappa shape index (κ1) is 32.4. The Bertz CT molecular complexity index is 1740. The molecule has 3 aliphatic rings. The van der Waals surface area contributed by atoms with Crippen LogP contribution in [0.2, 0.25) is 0 Å². The first-order chi connectivity index (χ1) is 22.5. The molecule has 8 nitrogen and oxygen atoms in total. The van der Waals surface area contributed by atoms with Gasteiger partial charge in [0.1, 0.15) is 12.4 Å². The molecule has 3 aromatic rings. The number of allylic oxidation sites excluding steroid dienone is 1. The summed E-state index contributed by atoms with van der Waals surface area (Å²) in [6, 6.07) is 15.1. The Hall–Kier alpha value is -4.54. The fourth-order valence-electron chi connectivity index (χ4n) is 7.58. The molecule has 2 bridgehead atoms. The van der Waals surface area contributed by atoms with E-state index in [0.717, 1.165) is 22.4 Å². The highest BCUT2D eigenvalue weighted by Gasteiger charge is 2.55. The second-order valence-corrected chi connectivity index (χ2v) is 13.0. The highest BCUT2D eigenvalue weighted by atomic mass is 19.3. The number of carboxylic acids is 1. The average Bonchev–Trinajstić information content (AvgIpc) is 3.65. The number of esters is 1. The van der Waals surface area contributed by atoms with Crippen LogP contribution in [-0.2, 0) is 20.9 Å². The molecule has 0 spiro atoms. The van der Waals surface area contributed by atoms with Gasteiger partial charge in [0.2, 0.25) is 0 Å². The van der Waals surface area contributed by atoms with E-state index in [4.69, 9.17) is 14.2 Å². The summed E-state index contributed by atoms with van der Waals surface area (Å²) in [5, 5.41) is 14.6. The second kappa shape index (κ2) is 12.9. The lowest BCUT2D eigenvalue weighted by Gasteiger charge is -2.35. The van der Waals surface area contributed by atoms with E-state index in [1.807, 2.05) is 49.4 Å². The van der Waals surface area contributed by atoms with Gasteiger partial charge in [-0.05, 0) is 79.3 Å². The quantitative estimate of drug-likeness (QED) is 0.239. The Balaban J connectivity index is 1.10. The molecule has 0 aliphatic heterocycles. The number of hydrogen-bond acceptors (Lipinski definition) is 6. The molecule has 248 valence electrons. The third-order valence-corrected chi connectivity index (χ3v) is 10.2. The van der Waals surface area contributed by atoms with E-state index in [-0.39, 0.29) is 48.1 Å². The Morgan fingerprint density at radius 2 is 1.74 bits per heavy atom. The van der Waals surface area contributed by atoms with E-state index in [2.05, 4.69) is 5.32 Å². The maximum atomic E-state index is 15.1. The van der Waals surface area contributed by atoms with Gasteiger partial charge in [0.05, 0.1) is 30.1 Å². The lowest BCUT2D eigenvalue weighted by molar-refractivity contribution is -0.159. The van der Waals surface area contributed by atoms with Gasteiger partial charge in [-0.2, -0.15) is 8.78 Å². The minimum Gasteiger partial charge on any atom is -0.496 e. The summed E-state index contributed by atoms with van der Waals surface area (Å²) in [5.74, 6) is -5.82. The van der Waals surface area contributed by atoms with Gasteiger partial charge in [0, 0.05) is 18.0 Å². The van der Waals surface area contributed by atoms with Crippen LogP contribution in [-0.4, -0.2) is 42.2 Å². The Morgan fingerprint density at radius 3 is 2.45 bits per heavy atom. The van der Waals surface area contributed by atoms with Crippen molar-refractivity contribution in [2.24, 2.45) is 23.2 Å². The van der Waals surface area contributed by atoms with Gasteiger partial charge in [0.15, 0.2) is 11.6 Å². The van der Waals surface area contributed by atoms with Gasteiger partial charge in [0.25, 0.3) is 12.0 Å². The molecule has 0 heterocycles. The number of aliphatic carboxylic acids is 1. The molecule has 11 heteroatoms. The molecule has 0 saturated heterocycles. The van der Waals surface area contributed by atoms with Crippen LogP contribution in [0.15, 0.2) is 66.3 Å². The highest BCUT2D eigenvalue weighted by molar-refractivity contribution is 5.98. The van der Waals surface area contributed by atoms with Gasteiger partial charge in [-0.3, -0.25) is 14.4 Å². The fourth-order valence-corrected chi connectivity index (χ4v) is 7.58. The minimum absolute atomic E-state index is 0.00788. The third-order valence-electron chi connectivity index (χ3n) is 10.2. The van der Waals surface area contributed by atoms with Crippen molar-refractivity contribution >= 4 is 28.6 Å². The van der Waals surface area contributed by atoms with Crippen LogP contribution < -0.4 is 14.8 Å². The first-order valence-corrected chi connectivity index (χ1v) is 15.7. The Labute approximate surface area is 269 Å². The van der Waals surface area contributed by atoms with Crippen LogP contribution in [0, 0.1) is 29.0 Å². The number of carbonyl (C=O) groups excluding carboxylic acids is 2. The average molecular weight is 652 g/mol. The van der Waals surface area contributed by atoms with Gasteiger partial charge in [-0.25, -0.2) is 4.39 Å². The number of benzene rings is 3. The molecule has 0 radical (unpaired) electrons. The van der Waals surface area contributed by atoms with E-state index in [1.165, 1.54) is 13.2 Å². The molecular formula is C36H36F3NO7. The number of halogens is 3. The Morgan fingerprint density at radius 1 is 1.02 bits per heavy atom. The smallest absolute Gasteiger partial charge is 0.312 e. The normalized spacial score (nSPS) is 26.6. The van der Waals surface area contributed by atoms with Gasteiger partial charge in [-0.15, -0.1) is 0 Å². The SMILES string of the molecule is COc1cc(F)c(OC2CCC(C)(C(=O)OCc3cccc4ccccc34)CC2)cc1C(=O)N[C@@H]1[C@H]2CC(=C(F)F)[C@H](C2)[C@@H]1C(=O)O. The summed E-state index contributed by atoms with van der Waals surface area (Å²) in [7, 11) is 1.27. The Kier molecular flexibility index (Phi) is 8.91. The molecule has 0 aromatic heterocycles. The topological polar surface area (TPSA) is 111 Å². The zero-order chi connectivity index (χ0) is 33.5. The number of amides is 1. The molecule has 2 N–H and O–H groups in total.